The number of hydrogen-bond acceptors (Lipinski definition) is 3. The van der Waals surface area contributed by atoms with Gasteiger partial charge in [-0.05, 0) is 38.2 Å². The molecule has 0 saturated heterocycles. The molecule has 0 aromatic heterocycles. The Labute approximate surface area is 145 Å². The quantitative estimate of drug-likeness (QED) is 0.732. The molecule has 0 unspecified atom stereocenters. The largest absolute Gasteiger partial charge is 0.496 e. The Balaban J connectivity index is 2.29. The minimum absolute atomic E-state index is 0.158. The van der Waals surface area contributed by atoms with Gasteiger partial charge in [-0.2, -0.15) is 0 Å². The normalized spacial score (nSPS) is 19.6. The minimum atomic E-state index is -0.476. The summed E-state index contributed by atoms with van der Waals surface area (Å²) in [5.41, 5.74) is 2.17. The van der Waals surface area contributed by atoms with E-state index >= 15 is 0 Å². The molecule has 0 saturated carbocycles. The van der Waals surface area contributed by atoms with Crippen molar-refractivity contribution in [3.63, 3.8) is 0 Å². The summed E-state index contributed by atoms with van der Waals surface area (Å²) >= 11 is 0. The van der Waals surface area contributed by atoms with E-state index in [0.717, 1.165) is 28.4 Å². The molecule has 0 amide bonds. The lowest BCUT2D eigenvalue weighted by Gasteiger charge is -2.31. The Morgan fingerprint density at radius 2 is 1.54 bits per heavy atom. The van der Waals surface area contributed by atoms with E-state index in [-0.39, 0.29) is 11.0 Å². The first-order chi connectivity index (χ1) is 11.4. The molecule has 0 radical (unpaired) electrons. The fraction of sp³-hybridized carbons (Fsp3) is 0.400. The fourth-order valence-corrected chi connectivity index (χ4v) is 6.64. The van der Waals surface area contributed by atoms with Crippen molar-refractivity contribution in [1.82, 2.24) is 0 Å². The van der Waals surface area contributed by atoms with Gasteiger partial charge in [0.1, 0.15) is 23.1 Å². The van der Waals surface area contributed by atoms with Crippen LogP contribution >= 0.6 is 7.92 Å². The predicted octanol–water partition coefficient (Wildman–Crippen LogP) is 5.01. The predicted molar refractivity (Wildman–Crippen MR) is 101 cm³/mol. The molecule has 4 heteroatoms. The van der Waals surface area contributed by atoms with Crippen molar-refractivity contribution in [2.45, 2.75) is 38.7 Å². The van der Waals surface area contributed by atoms with E-state index in [1.165, 1.54) is 5.30 Å². The second kappa shape index (κ2) is 6.29. The van der Waals surface area contributed by atoms with Gasteiger partial charge in [-0.3, -0.25) is 0 Å². The topological polar surface area (TPSA) is 27.7 Å². The highest BCUT2D eigenvalue weighted by Gasteiger charge is 2.41. The third-order valence-electron chi connectivity index (χ3n) is 4.32. The molecular weight excluding hydrogens is 319 g/mol. The van der Waals surface area contributed by atoms with Crippen molar-refractivity contribution < 1.29 is 14.2 Å². The summed E-state index contributed by atoms with van der Waals surface area (Å²) in [6.45, 7) is 9.07. The number of ether oxygens (including phenoxy) is 3. The SMILES string of the molecule is COc1cccc(OC)c1-c1cccc2c1[P@](C(C)(C)C)[C@H](C)O2. The number of fused-ring (bicyclic) bond motifs is 1. The maximum atomic E-state index is 6.20. The molecule has 1 aliphatic rings. The zero-order chi connectivity index (χ0) is 17.5. The van der Waals surface area contributed by atoms with Crippen LogP contribution in [0.4, 0.5) is 0 Å². The third kappa shape index (κ3) is 2.75. The van der Waals surface area contributed by atoms with Crippen molar-refractivity contribution in [3.8, 4) is 28.4 Å². The molecule has 0 N–H and O–H groups in total. The Hall–Kier alpha value is -1.73. The summed E-state index contributed by atoms with van der Waals surface area (Å²) in [4.78, 5) is 0. The molecule has 128 valence electrons. The molecule has 0 fully saturated rings. The molecule has 1 aliphatic heterocycles. The molecule has 2 atom stereocenters. The minimum Gasteiger partial charge on any atom is -0.496 e. The lowest BCUT2D eigenvalue weighted by atomic mass is 10.0. The van der Waals surface area contributed by atoms with Crippen LogP contribution in [-0.4, -0.2) is 25.2 Å². The Bertz CT molecular complexity index is 727. The van der Waals surface area contributed by atoms with Gasteiger partial charge in [0.2, 0.25) is 0 Å². The lowest BCUT2D eigenvalue weighted by molar-refractivity contribution is 0.313. The first-order valence-corrected chi connectivity index (χ1v) is 9.60. The lowest BCUT2D eigenvalue weighted by Crippen LogP contribution is -2.23. The van der Waals surface area contributed by atoms with E-state index in [9.17, 15) is 0 Å². The van der Waals surface area contributed by atoms with E-state index in [0.29, 0.717) is 0 Å². The van der Waals surface area contributed by atoms with Gasteiger partial charge in [0, 0.05) is 10.9 Å². The molecule has 0 bridgehead atoms. The molecular formula is C20H25O3P. The van der Waals surface area contributed by atoms with Crippen molar-refractivity contribution in [2.75, 3.05) is 14.2 Å². The van der Waals surface area contributed by atoms with E-state index in [1.807, 2.05) is 24.3 Å². The standard InChI is InChI=1S/C20H25O3P/c1-13-23-17-12-7-9-14(19(17)24(13)20(2,3)4)18-15(21-5)10-8-11-16(18)22-6/h7-13H,1-6H3/t13-,24-/m1/s1. The van der Waals surface area contributed by atoms with Crippen LogP contribution in [0.3, 0.4) is 0 Å². The van der Waals surface area contributed by atoms with Gasteiger partial charge >= 0.3 is 0 Å². The highest BCUT2D eigenvalue weighted by atomic mass is 31.1. The van der Waals surface area contributed by atoms with Gasteiger partial charge in [0.15, 0.2) is 0 Å². The van der Waals surface area contributed by atoms with Gasteiger partial charge < -0.3 is 14.2 Å². The number of hydrogen-bond donors (Lipinski definition) is 0. The summed E-state index contributed by atoms with van der Waals surface area (Å²) in [7, 11) is 2.93. The molecule has 2 aromatic carbocycles. The average molecular weight is 344 g/mol. The first kappa shape index (κ1) is 17.1. The van der Waals surface area contributed by atoms with Crippen LogP contribution in [0.2, 0.25) is 0 Å². The highest BCUT2D eigenvalue weighted by Crippen LogP contribution is 2.60. The van der Waals surface area contributed by atoms with Crippen LogP contribution in [0, 0.1) is 0 Å². The van der Waals surface area contributed by atoms with Gasteiger partial charge in [-0.1, -0.05) is 39.0 Å². The molecule has 2 aromatic rings. The molecule has 24 heavy (non-hydrogen) atoms. The van der Waals surface area contributed by atoms with Crippen LogP contribution in [0.25, 0.3) is 11.1 Å². The van der Waals surface area contributed by atoms with Crippen molar-refractivity contribution in [3.05, 3.63) is 36.4 Å². The second-order valence-electron chi connectivity index (χ2n) is 6.95. The molecule has 3 nitrogen and oxygen atoms in total. The third-order valence-corrected chi connectivity index (χ3v) is 7.54. The molecule has 0 spiro atoms. The van der Waals surface area contributed by atoms with Gasteiger partial charge in [0.25, 0.3) is 0 Å². The van der Waals surface area contributed by atoms with Crippen LogP contribution in [0.1, 0.15) is 27.7 Å². The van der Waals surface area contributed by atoms with Crippen molar-refractivity contribution in [2.24, 2.45) is 0 Å². The zero-order valence-electron chi connectivity index (χ0n) is 15.2. The Kier molecular flexibility index (Phi) is 4.48. The second-order valence-corrected chi connectivity index (χ2v) is 10.2. The fourth-order valence-electron chi connectivity index (χ4n) is 3.48. The monoisotopic (exact) mass is 344 g/mol. The average Bonchev–Trinajstić information content (AvgIpc) is 2.89. The number of benzene rings is 2. The summed E-state index contributed by atoms with van der Waals surface area (Å²) in [5, 5.41) is 1.47. The number of rotatable bonds is 3. The Morgan fingerprint density at radius 3 is 2.08 bits per heavy atom. The van der Waals surface area contributed by atoms with E-state index in [2.05, 4.69) is 39.8 Å². The maximum Gasteiger partial charge on any atom is 0.130 e. The van der Waals surface area contributed by atoms with Crippen molar-refractivity contribution in [1.29, 1.82) is 0 Å². The first-order valence-electron chi connectivity index (χ1n) is 8.19. The highest BCUT2D eigenvalue weighted by molar-refractivity contribution is 7.68. The van der Waals surface area contributed by atoms with E-state index < -0.39 is 7.92 Å². The summed E-state index contributed by atoms with van der Waals surface area (Å²) in [6, 6.07) is 12.2. The van der Waals surface area contributed by atoms with Crippen LogP contribution in [0.5, 0.6) is 17.2 Å². The van der Waals surface area contributed by atoms with Crippen molar-refractivity contribution >= 4 is 13.2 Å². The Morgan fingerprint density at radius 1 is 0.958 bits per heavy atom. The molecule has 0 aliphatic carbocycles. The van der Waals surface area contributed by atoms with Gasteiger partial charge in [-0.15, -0.1) is 0 Å². The summed E-state index contributed by atoms with van der Waals surface area (Å²) < 4.78 is 17.5. The summed E-state index contributed by atoms with van der Waals surface area (Å²) in [6.07, 6.45) is 0. The molecule has 1 heterocycles. The van der Waals surface area contributed by atoms with Gasteiger partial charge in [-0.25, -0.2) is 0 Å². The van der Waals surface area contributed by atoms with E-state index in [4.69, 9.17) is 14.2 Å². The van der Waals surface area contributed by atoms with Crippen LogP contribution in [-0.2, 0) is 0 Å². The maximum absolute atomic E-state index is 6.20. The van der Waals surface area contributed by atoms with Gasteiger partial charge in [0.05, 0.1) is 19.8 Å². The smallest absolute Gasteiger partial charge is 0.130 e. The van der Waals surface area contributed by atoms with Crippen LogP contribution < -0.4 is 19.5 Å². The zero-order valence-corrected chi connectivity index (χ0v) is 16.1. The number of methoxy groups -OCH3 is 2. The summed E-state index contributed by atoms with van der Waals surface area (Å²) in [5.74, 6) is 2.85. The van der Waals surface area contributed by atoms with E-state index in [1.54, 1.807) is 14.2 Å². The van der Waals surface area contributed by atoms with Crippen LogP contribution in [0.15, 0.2) is 36.4 Å². The molecule has 3 rings (SSSR count).